The maximum Gasteiger partial charge on any atom is 0.220 e. The maximum atomic E-state index is 12.4. The third-order valence-corrected chi connectivity index (χ3v) is 11.0. The Morgan fingerprint density at radius 2 is 0.774 bits per heavy atom. The second-order valence-corrected chi connectivity index (χ2v) is 16.3. The van der Waals surface area contributed by atoms with Crippen molar-refractivity contribution in [2.45, 2.75) is 270 Å². The second kappa shape index (κ2) is 43.6. The van der Waals surface area contributed by atoms with E-state index in [0.29, 0.717) is 12.8 Å². The van der Waals surface area contributed by atoms with Gasteiger partial charge >= 0.3 is 0 Å². The zero-order valence-corrected chi connectivity index (χ0v) is 35.7. The summed E-state index contributed by atoms with van der Waals surface area (Å²) < 4.78 is 0. The van der Waals surface area contributed by atoms with E-state index in [2.05, 4.69) is 43.5 Å². The fraction of sp³-hybridized carbons (Fsp3) is 0.896. The number of carbonyl (C=O) groups is 1. The first kappa shape index (κ1) is 51.8. The largest absolute Gasteiger partial charge is 0.394 e. The van der Waals surface area contributed by atoms with E-state index in [9.17, 15) is 20.1 Å². The molecule has 0 aliphatic rings. The molecule has 1 amide bonds. The number of nitrogens with one attached hydrogen (secondary N) is 1. The minimum absolute atomic E-state index is 0.154. The monoisotopic (exact) mass is 748 g/mol. The average molecular weight is 748 g/mol. The van der Waals surface area contributed by atoms with Crippen molar-refractivity contribution in [3.05, 3.63) is 24.3 Å². The standard InChI is InChI=1S/C48H93NO4/c1-3-5-7-9-11-13-15-17-19-21-23-25-27-29-31-33-35-37-39-41-43-47(52)49-45(44-50)48(53)46(51)42-40-38-36-34-32-30-28-26-24-22-20-18-16-14-12-10-8-6-4-2/h26,28,34,36,45-46,48,50-51,53H,3-25,27,29-33,35,37-44H2,1-2H3,(H,49,52)/b28-26+,36-34+. The smallest absolute Gasteiger partial charge is 0.220 e. The zero-order chi connectivity index (χ0) is 38.7. The summed E-state index contributed by atoms with van der Waals surface area (Å²) in [7, 11) is 0. The molecular formula is C48H93NO4. The molecule has 3 atom stereocenters. The first-order valence-electron chi connectivity index (χ1n) is 23.6. The Kier molecular flexibility index (Phi) is 42.6. The maximum absolute atomic E-state index is 12.4. The minimum atomic E-state index is -1.16. The van der Waals surface area contributed by atoms with Crippen molar-refractivity contribution in [3.8, 4) is 0 Å². The van der Waals surface area contributed by atoms with Gasteiger partial charge in [-0.05, 0) is 51.4 Å². The molecule has 0 radical (unpaired) electrons. The molecular weight excluding hydrogens is 655 g/mol. The molecule has 5 heteroatoms. The topological polar surface area (TPSA) is 89.8 Å². The van der Waals surface area contributed by atoms with Crippen LogP contribution >= 0.6 is 0 Å². The number of amides is 1. The van der Waals surface area contributed by atoms with E-state index in [1.807, 2.05) is 0 Å². The summed E-state index contributed by atoms with van der Waals surface area (Å²) in [5.74, 6) is -0.154. The molecule has 0 aliphatic carbocycles. The highest BCUT2D eigenvalue weighted by atomic mass is 16.3. The van der Waals surface area contributed by atoms with E-state index >= 15 is 0 Å². The van der Waals surface area contributed by atoms with Crippen LogP contribution < -0.4 is 5.32 Å². The Morgan fingerprint density at radius 3 is 1.15 bits per heavy atom. The highest BCUT2D eigenvalue weighted by Gasteiger charge is 2.26. The number of aliphatic hydroxyl groups excluding tert-OH is 3. The highest BCUT2D eigenvalue weighted by Crippen LogP contribution is 2.16. The van der Waals surface area contributed by atoms with E-state index in [1.54, 1.807) is 0 Å². The van der Waals surface area contributed by atoms with Gasteiger partial charge in [-0.25, -0.2) is 0 Å². The first-order chi connectivity index (χ1) is 26.1. The molecule has 3 unspecified atom stereocenters. The van der Waals surface area contributed by atoms with Crippen LogP contribution in [0.5, 0.6) is 0 Å². The fourth-order valence-corrected chi connectivity index (χ4v) is 7.36. The van der Waals surface area contributed by atoms with Crippen molar-refractivity contribution in [2.75, 3.05) is 6.61 Å². The van der Waals surface area contributed by atoms with Crippen molar-refractivity contribution >= 4 is 5.91 Å². The van der Waals surface area contributed by atoms with E-state index in [4.69, 9.17) is 0 Å². The van der Waals surface area contributed by atoms with Crippen LogP contribution in [-0.2, 0) is 4.79 Å². The Labute approximate surface area is 331 Å². The molecule has 0 aromatic heterocycles. The van der Waals surface area contributed by atoms with E-state index in [0.717, 1.165) is 44.9 Å². The van der Waals surface area contributed by atoms with E-state index in [1.165, 1.54) is 180 Å². The number of unbranched alkanes of at least 4 members (excludes halogenated alkanes) is 31. The molecule has 4 N–H and O–H groups in total. The highest BCUT2D eigenvalue weighted by molar-refractivity contribution is 5.76. The van der Waals surface area contributed by atoms with Crippen LogP contribution in [0.15, 0.2) is 24.3 Å². The van der Waals surface area contributed by atoms with Gasteiger partial charge in [0.25, 0.3) is 0 Å². The minimum Gasteiger partial charge on any atom is -0.394 e. The molecule has 0 aromatic carbocycles. The zero-order valence-electron chi connectivity index (χ0n) is 35.7. The van der Waals surface area contributed by atoms with Crippen LogP contribution in [0.1, 0.15) is 251 Å². The molecule has 0 spiro atoms. The molecule has 0 saturated heterocycles. The number of rotatable bonds is 43. The number of hydrogen-bond donors (Lipinski definition) is 4. The molecule has 53 heavy (non-hydrogen) atoms. The normalized spacial score (nSPS) is 13.7. The number of carbonyl (C=O) groups excluding carboxylic acids is 1. The van der Waals surface area contributed by atoms with E-state index in [-0.39, 0.29) is 12.5 Å². The third-order valence-electron chi connectivity index (χ3n) is 11.0. The van der Waals surface area contributed by atoms with Crippen molar-refractivity contribution in [3.63, 3.8) is 0 Å². The van der Waals surface area contributed by atoms with Gasteiger partial charge < -0.3 is 20.6 Å². The summed E-state index contributed by atoms with van der Waals surface area (Å²) in [6.45, 7) is 4.18. The van der Waals surface area contributed by atoms with Crippen LogP contribution in [0.3, 0.4) is 0 Å². The van der Waals surface area contributed by atoms with Crippen molar-refractivity contribution in [1.82, 2.24) is 5.32 Å². The number of aliphatic hydroxyl groups is 3. The van der Waals surface area contributed by atoms with Crippen LogP contribution in [0, 0.1) is 0 Å². The Hall–Kier alpha value is -1.17. The molecule has 0 rings (SSSR count). The van der Waals surface area contributed by atoms with Crippen molar-refractivity contribution < 1.29 is 20.1 Å². The summed E-state index contributed by atoms with van der Waals surface area (Å²) in [5, 5.41) is 33.6. The Balaban J connectivity index is 3.64. The summed E-state index contributed by atoms with van der Waals surface area (Å²) in [6.07, 6.45) is 53.0. The van der Waals surface area contributed by atoms with Crippen molar-refractivity contribution in [1.29, 1.82) is 0 Å². The molecule has 0 bridgehead atoms. The second-order valence-electron chi connectivity index (χ2n) is 16.3. The number of hydrogen-bond acceptors (Lipinski definition) is 4. The predicted molar refractivity (Wildman–Crippen MR) is 231 cm³/mol. The fourth-order valence-electron chi connectivity index (χ4n) is 7.36. The first-order valence-corrected chi connectivity index (χ1v) is 23.6. The van der Waals surface area contributed by atoms with Crippen LogP contribution in [0.2, 0.25) is 0 Å². The van der Waals surface area contributed by atoms with Gasteiger partial charge in [-0.1, -0.05) is 218 Å². The molecule has 0 heterocycles. The lowest BCUT2D eigenvalue weighted by molar-refractivity contribution is -0.124. The summed E-state index contributed by atoms with van der Waals surface area (Å²) >= 11 is 0. The van der Waals surface area contributed by atoms with E-state index < -0.39 is 18.2 Å². The van der Waals surface area contributed by atoms with Gasteiger partial charge in [0.15, 0.2) is 0 Å². The van der Waals surface area contributed by atoms with Gasteiger partial charge in [0, 0.05) is 6.42 Å². The van der Waals surface area contributed by atoms with Crippen LogP contribution in [0.25, 0.3) is 0 Å². The summed E-state index contributed by atoms with van der Waals surface area (Å²) in [4.78, 5) is 12.4. The third kappa shape index (κ3) is 38.9. The molecule has 314 valence electrons. The lowest BCUT2D eigenvalue weighted by atomic mass is 10.0. The lowest BCUT2D eigenvalue weighted by Gasteiger charge is -2.26. The Morgan fingerprint density at radius 1 is 0.453 bits per heavy atom. The van der Waals surface area contributed by atoms with Gasteiger partial charge in [-0.15, -0.1) is 0 Å². The van der Waals surface area contributed by atoms with Crippen molar-refractivity contribution in [2.24, 2.45) is 0 Å². The predicted octanol–water partition coefficient (Wildman–Crippen LogP) is 13.8. The SMILES string of the molecule is CCCCCCCCCCCC/C=C/CC/C=C/CCCC(O)C(O)C(CO)NC(=O)CCCCCCCCCCCCCCCCCCCCCC. The van der Waals surface area contributed by atoms with Crippen LogP contribution in [0.4, 0.5) is 0 Å². The summed E-state index contributed by atoms with van der Waals surface area (Å²) in [6, 6.07) is -0.828. The molecule has 5 nitrogen and oxygen atoms in total. The lowest BCUT2D eigenvalue weighted by Crippen LogP contribution is -2.50. The van der Waals surface area contributed by atoms with Gasteiger partial charge in [0.2, 0.25) is 5.91 Å². The van der Waals surface area contributed by atoms with Gasteiger partial charge in [0.1, 0.15) is 6.10 Å². The average Bonchev–Trinajstić information content (AvgIpc) is 3.16. The molecule has 0 fully saturated rings. The molecule has 0 aliphatic heterocycles. The molecule has 0 saturated carbocycles. The quantitative estimate of drug-likeness (QED) is 0.0369. The number of allylic oxidation sites excluding steroid dienone is 4. The molecule has 0 aromatic rings. The Bertz CT molecular complexity index is 784. The van der Waals surface area contributed by atoms with Gasteiger partial charge in [-0.3, -0.25) is 4.79 Å². The van der Waals surface area contributed by atoms with Gasteiger partial charge in [-0.2, -0.15) is 0 Å². The van der Waals surface area contributed by atoms with Gasteiger partial charge in [0.05, 0.1) is 18.8 Å². The van der Waals surface area contributed by atoms with Crippen LogP contribution in [-0.4, -0.2) is 46.1 Å². The summed E-state index contributed by atoms with van der Waals surface area (Å²) in [5.41, 5.74) is 0.